The van der Waals surface area contributed by atoms with Crippen molar-refractivity contribution in [2.45, 2.75) is 58.5 Å². The van der Waals surface area contributed by atoms with Crippen molar-refractivity contribution in [2.24, 2.45) is 11.8 Å². The Kier molecular flexibility index (Phi) is 3.88. The van der Waals surface area contributed by atoms with Gasteiger partial charge in [-0.25, -0.2) is 4.98 Å². The van der Waals surface area contributed by atoms with Gasteiger partial charge in [-0.3, -0.25) is 0 Å². The van der Waals surface area contributed by atoms with Crippen LogP contribution in [-0.2, 0) is 6.42 Å². The zero-order valence-corrected chi connectivity index (χ0v) is 11.9. The van der Waals surface area contributed by atoms with Crippen LogP contribution in [0.3, 0.4) is 0 Å². The summed E-state index contributed by atoms with van der Waals surface area (Å²) in [6, 6.07) is 0. The molecule has 0 aromatic carbocycles. The molecule has 2 unspecified atom stereocenters. The summed E-state index contributed by atoms with van der Waals surface area (Å²) in [6.45, 7) is 6.55. The van der Waals surface area contributed by atoms with Crippen molar-refractivity contribution in [3.05, 3.63) is 16.1 Å². The van der Waals surface area contributed by atoms with Gasteiger partial charge in [0.2, 0.25) is 0 Å². The van der Waals surface area contributed by atoms with E-state index >= 15 is 0 Å². The number of aromatic nitrogens is 1. The van der Waals surface area contributed by atoms with Crippen LogP contribution in [0.4, 0.5) is 0 Å². The molecule has 0 amide bonds. The molecule has 1 aromatic heterocycles. The van der Waals surface area contributed by atoms with Crippen LogP contribution in [0.15, 0.2) is 5.38 Å². The molecule has 0 bridgehead atoms. The Hall–Kier alpha value is -0.410. The van der Waals surface area contributed by atoms with Gasteiger partial charge in [-0.1, -0.05) is 20.3 Å². The van der Waals surface area contributed by atoms with E-state index in [4.69, 9.17) is 0 Å². The Labute approximate surface area is 108 Å². The quantitative estimate of drug-likeness (QED) is 0.893. The third-order valence-electron chi connectivity index (χ3n) is 3.95. The van der Waals surface area contributed by atoms with E-state index in [1.54, 1.807) is 11.3 Å². The van der Waals surface area contributed by atoms with Gasteiger partial charge in [-0.2, -0.15) is 0 Å². The first kappa shape index (κ1) is 13.0. The fourth-order valence-corrected chi connectivity index (χ4v) is 3.79. The van der Waals surface area contributed by atoms with E-state index in [1.165, 1.54) is 6.42 Å². The van der Waals surface area contributed by atoms with E-state index in [9.17, 15) is 5.11 Å². The van der Waals surface area contributed by atoms with Gasteiger partial charge in [-0.05, 0) is 38.0 Å². The van der Waals surface area contributed by atoms with Crippen molar-refractivity contribution in [2.75, 3.05) is 0 Å². The molecular weight excluding hydrogens is 230 g/mol. The Balaban J connectivity index is 2.03. The van der Waals surface area contributed by atoms with Gasteiger partial charge in [0.25, 0.3) is 0 Å². The van der Waals surface area contributed by atoms with Crippen LogP contribution < -0.4 is 0 Å². The predicted octanol–water partition coefficient (Wildman–Crippen LogP) is 3.57. The minimum absolute atomic E-state index is 0.502. The van der Waals surface area contributed by atoms with E-state index < -0.39 is 5.60 Å². The number of hydrogen-bond acceptors (Lipinski definition) is 3. The Morgan fingerprint density at radius 3 is 2.94 bits per heavy atom. The summed E-state index contributed by atoms with van der Waals surface area (Å²) in [7, 11) is 0. The smallest absolute Gasteiger partial charge is 0.0956 e. The second kappa shape index (κ2) is 5.07. The highest BCUT2D eigenvalue weighted by atomic mass is 32.1. The lowest BCUT2D eigenvalue weighted by molar-refractivity contribution is -0.0240. The first-order valence-electron chi connectivity index (χ1n) is 6.62. The van der Waals surface area contributed by atoms with Crippen LogP contribution in [-0.4, -0.2) is 15.7 Å². The van der Waals surface area contributed by atoms with Crippen LogP contribution >= 0.6 is 11.3 Å². The van der Waals surface area contributed by atoms with Gasteiger partial charge >= 0.3 is 0 Å². The minimum Gasteiger partial charge on any atom is -0.389 e. The summed E-state index contributed by atoms with van der Waals surface area (Å²) >= 11 is 1.68. The second-order valence-corrected chi connectivity index (χ2v) is 6.83. The molecule has 1 aliphatic rings. The van der Waals surface area contributed by atoms with Crippen molar-refractivity contribution in [3.63, 3.8) is 0 Å². The highest BCUT2D eigenvalue weighted by Gasteiger charge is 2.36. The lowest BCUT2D eigenvalue weighted by atomic mass is 9.72. The number of thiazole rings is 1. The highest BCUT2D eigenvalue weighted by Crippen LogP contribution is 2.38. The summed E-state index contributed by atoms with van der Waals surface area (Å²) in [6.07, 6.45) is 5.06. The van der Waals surface area contributed by atoms with Gasteiger partial charge in [0.05, 0.1) is 10.6 Å². The van der Waals surface area contributed by atoms with Crippen LogP contribution in [0.5, 0.6) is 0 Å². The SMILES string of the molecule is Cc1csc(CC2(O)CCCC(C(C)C)C2)n1. The van der Waals surface area contributed by atoms with Crippen molar-refractivity contribution in [1.82, 2.24) is 4.98 Å². The number of rotatable bonds is 3. The van der Waals surface area contributed by atoms with Gasteiger partial charge in [0.1, 0.15) is 0 Å². The maximum Gasteiger partial charge on any atom is 0.0956 e. The monoisotopic (exact) mass is 253 g/mol. The zero-order valence-electron chi connectivity index (χ0n) is 11.1. The van der Waals surface area contributed by atoms with Gasteiger partial charge in [0.15, 0.2) is 0 Å². The minimum atomic E-state index is -0.502. The average molecular weight is 253 g/mol. The topological polar surface area (TPSA) is 33.1 Å². The van der Waals surface area contributed by atoms with Gasteiger partial charge in [0, 0.05) is 17.5 Å². The lowest BCUT2D eigenvalue weighted by Gasteiger charge is -2.38. The van der Waals surface area contributed by atoms with Crippen LogP contribution in [0.1, 0.15) is 50.2 Å². The van der Waals surface area contributed by atoms with Crippen LogP contribution in [0.2, 0.25) is 0 Å². The number of hydrogen-bond donors (Lipinski definition) is 1. The molecule has 0 aliphatic heterocycles. The van der Waals surface area contributed by atoms with E-state index in [2.05, 4.69) is 24.2 Å². The van der Waals surface area contributed by atoms with Crippen LogP contribution in [0, 0.1) is 18.8 Å². The third-order valence-corrected chi connectivity index (χ3v) is 4.92. The maximum atomic E-state index is 10.7. The molecule has 1 aromatic rings. The van der Waals surface area contributed by atoms with Crippen LogP contribution in [0.25, 0.3) is 0 Å². The third kappa shape index (κ3) is 3.29. The predicted molar refractivity (Wildman–Crippen MR) is 72.3 cm³/mol. The molecule has 0 saturated heterocycles. The molecular formula is C14H23NOS. The summed E-state index contributed by atoms with van der Waals surface area (Å²) in [4.78, 5) is 4.48. The molecule has 1 fully saturated rings. The molecule has 1 N–H and O–H groups in total. The lowest BCUT2D eigenvalue weighted by Crippen LogP contribution is -2.38. The normalized spacial score (nSPS) is 29.8. The molecule has 1 saturated carbocycles. The molecule has 1 aliphatic carbocycles. The van der Waals surface area contributed by atoms with E-state index in [0.29, 0.717) is 11.8 Å². The number of nitrogens with zero attached hydrogens (tertiary/aromatic N) is 1. The standard InChI is InChI=1S/C14H23NOS/c1-10(2)12-5-4-6-14(16,7-12)8-13-15-11(3)9-17-13/h9-10,12,16H,4-8H2,1-3H3. The first-order valence-corrected chi connectivity index (χ1v) is 7.50. The Bertz CT molecular complexity index is 374. The van der Waals surface area contributed by atoms with E-state index in [-0.39, 0.29) is 0 Å². The van der Waals surface area contributed by atoms with Gasteiger partial charge < -0.3 is 5.11 Å². The highest BCUT2D eigenvalue weighted by molar-refractivity contribution is 7.09. The molecule has 2 atom stereocenters. The molecule has 3 heteroatoms. The fraction of sp³-hybridized carbons (Fsp3) is 0.786. The van der Waals surface area contributed by atoms with Crippen molar-refractivity contribution in [1.29, 1.82) is 0 Å². The zero-order chi connectivity index (χ0) is 12.5. The van der Waals surface area contributed by atoms with Crippen molar-refractivity contribution in [3.8, 4) is 0 Å². The maximum absolute atomic E-state index is 10.7. The summed E-state index contributed by atoms with van der Waals surface area (Å²) in [5, 5.41) is 13.9. The molecule has 0 spiro atoms. The summed E-state index contributed by atoms with van der Waals surface area (Å²) in [5.74, 6) is 1.36. The molecule has 1 heterocycles. The second-order valence-electron chi connectivity index (χ2n) is 5.88. The summed E-state index contributed by atoms with van der Waals surface area (Å²) in [5.41, 5.74) is 0.571. The Morgan fingerprint density at radius 2 is 2.35 bits per heavy atom. The Morgan fingerprint density at radius 1 is 1.59 bits per heavy atom. The molecule has 2 nitrogen and oxygen atoms in total. The number of aliphatic hydroxyl groups is 1. The van der Waals surface area contributed by atoms with E-state index in [1.807, 2.05) is 6.92 Å². The molecule has 2 rings (SSSR count). The molecule has 0 radical (unpaired) electrons. The van der Waals surface area contributed by atoms with Crippen molar-refractivity contribution < 1.29 is 5.11 Å². The average Bonchev–Trinajstić information content (AvgIpc) is 2.63. The molecule has 96 valence electrons. The van der Waals surface area contributed by atoms with E-state index in [0.717, 1.165) is 36.4 Å². The van der Waals surface area contributed by atoms with Crippen molar-refractivity contribution >= 4 is 11.3 Å². The van der Waals surface area contributed by atoms with Gasteiger partial charge in [-0.15, -0.1) is 11.3 Å². The number of aryl methyl sites for hydroxylation is 1. The fourth-order valence-electron chi connectivity index (χ4n) is 2.88. The largest absolute Gasteiger partial charge is 0.389 e. The first-order chi connectivity index (χ1) is 7.98. The molecule has 17 heavy (non-hydrogen) atoms. The summed E-state index contributed by atoms with van der Waals surface area (Å²) < 4.78 is 0.